The van der Waals surface area contributed by atoms with Gasteiger partial charge in [0.2, 0.25) is 5.91 Å². The number of esters is 1. The number of aryl methyl sites for hydroxylation is 1. The number of nitrogens with zero attached hydrogens (tertiary/aromatic N) is 1. The number of urea groups is 1. The Labute approximate surface area is 166 Å². The van der Waals surface area contributed by atoms with Crippen molar-refractivity contribution in [3.05, 3.63) is 29.3 Å². The van der Waals surface area contributed by atoms with Gasteiger partial charge < -0.3 is 15.4 Å². The molecule has 0 bridgehead atoms. The minimum absolute atomic E-state index is 0.0659. The molecule has 0 unspecified atom stereocenters. The van der Waals surface area contributed by atoms with Gasteiger partial charge in [-0.2, -0.15) is 0 Å². The predicted molar refractivity (Wildman–Crippen MR) is 100 cm³/mol. The van der Waals surface area contributed by atoms with Gasteiger partial charge in [-0.25, -0.2) is 4.79 Å². The molecule has 2 aliphatic heterocycles. The molecule has 1 atom stereocenters. The Bertz CT molecular complexity index is 938. The summed E-state index contributed by atoms with van der Waals surface area (Å²) in [5, 5.41) is 5.39. The fraction of sp³-hybridized carbons (Fsp3) is 0.450. The van der Waals surface area contributed by atoms with E-state index in [4.69, 9.17) is 4.74 Å². The molecule has 9 nitrogen and oxygen atoms in total. The quantitative estimate of drug-likeness (QED) is 0.418. The average molecular weight is 399 g/mol. The predicted octanol–water partition coefficient (Wildman–Crippen LogP) is 1.02. The Balaban J connectivity index is 1.33. The van der Waals surface area contributed by atoms with E-state index in [0.717, 1.165) is 23.3 Å². The lowest BCUT2D eigenvalue weighted by Crippen LogP contribution is -2.46. The number of Topliss-reactive ketones (excluding diaryl/α,β-unsaturated/α-hetero) is 1. The zero-order valence-electron chi connectivity index (χ0n) is 15.9. The first kappa shape index (κ1) is 19.1. The first-order chi connectivity index (χ1) is 13.8. The second kappa shape index (κ2) is 6.98. The minimum Gasteiger partial charge on any atom is -0.456 e. The van der Waals surface area contributed by atoms with Crippen LogP contribution in [0, 0.1) is 5.92 Å². The van der Waals surface area contributed by atoms with Crippen LogP contribution >= 0.6 is 0 Å². The number of ketones is 1. The van der Waals surface area contributed by atoms with Gasteiger partial charge in [0.25, 0.3) is 5.91 Å². The zero-order chi connectivity index (χ0) is 20.8. The standard InChI is InChI=1S/C20H21N3O6/c1-20(13-4-5-13)18(27)23(19(28)22-20)9-17(26)29-10-15(24)12-2-6-14-11(8-12)3-7-16(25)21-14/h2,6,8,13H,3-5,7,9-10H2,1H3,(H,21,25)(H,22,28)/t20-/m1/s1. The number of rotatable bonds is 6. The average Bonchev–Trinajstić information content (AvgIpc) is 3.52. The van der Waals surface area contributed by atoms with Gasteiger partial charge in [-0.1, -0.05) is 0 Å². The molecule has 2 fully saturated rings. The van der Waals surface area contributed by atoms with E-state index in [1.54, 1.807) is 25.1 Å². The molecule has 2 N–H and O–H groups in total. The number of nitrogens with one attached hydrogen (secondary N) is 2. The van der Waals surface area contributed by atoms with Crippen molar-refractivity contribution in [1.82, 2.24) is 10.2 Å². The summed E-state index contributed by atoms with van der Waals surface area (Å²) in [7, 11) is 0. The van der Waals surface area contributed by atoms with E-state index in [0.29, 0.717) is 24.1 Å². The topological polar surface area (TPSA) is 122 Å². The van der Waals surface area contributed by atoms with E-state index in [1.165, 1.54) is 0 Å². The lowest BCUT2D eigenvalue weighted by Gasteiger charge is -2.20. The maximum Gasteiger partial charge on any atom is 0.326 e. The Hall–Kier alpha value is -3.23. The molecule has 1 saturated heterocycles. The van der Waals surface area contributed by atoms with Crippen LogP contribution in [-0.2, 0) is 25.5 Å². The first-order valence-electron chi connectivity index (χ1n) is 9.53. The Kier molecular flexibility index (Phi) is 4.60. The van der Waals surface area contributed by atoms with Crippen LogP contribution in [0.2, 0.25) is 0 Å². The number of amides is 4. The third-order valence-corrected chi connectivity index (χ3v) is 5.67. The third-order valence-electron chi connectivity index (χ3n) is 5.67. The number of fused-ring (bicyclic) bond motifs is 1. The van der Waals surface area contributed by atoms with Crippen LogP contribution in [-0.4, -0.2) is 53.2 Å². The van der Waals surface area contributed by atoms with Gasteiger partial charge in [-0.3, -0.25) is 24.1 Å². The molecule has 4 rings (SSSR count). The number of hydrogen-bond donors (Lipinski definition) is 2. The monoisotopic (exact) mass is 399 g/mol. The molecule has 152 valence electrons. The van der Waals surface area contributed by atoms with Crippen molar-refractivity contribution in [3.63, 3.8) is 0 Å². The summed E-state index contributed by atoms with van der Waals surface area (Å²) in [5.41, 5.74) is 0.919. The van der Waals surface area contributed by atoms with Crippen LogP contribution in [0.3, 0.4) is 0 Å². The Morgan fingerprint density at radius 2 is 1.97 bits per heavy atom. The zero-order valence-corrected chi connectivity index (χ0v) is 15.9. The van der Waals surface area contributed by atoms with Crippen molar-refractivity contribution in [2.24, 2.45) is 5.92 Å². The highest BCUT2D eigenvalue weighted by Crippen LogP contribution is 2.42. The van der Waals surface area contributed by atoms with Gasteiger partial charge in [-0.15, -0.1) is 0 Å². The number of anilines is 1. The molecule has 1 aliphatic carbocycles. The molecule has 1 aromatic carbocycles. The van der Waals surface area contributed by atoms with Crippen LogP contribution in [0.15, 0.2) is 18.2 Å². The van der Waals surface area contributed by atoms with Crippen LogP contribution in [0.1, 0.15) is 42.1 Å². The summed E-state index contributed by atoms with van der Waals surface area (Å²) >= 11 is 0. The molecule has 0 spiro atoms. The molecule has 3 aliphatic rings. The van der Waals surface area contributed by atoms with Crippen molar-refractivity contribution < 1.29 is 28.7 Å². The summed E-state index contributed by atoms with van der Waals surface area (Å²) < 4.78 is 4.99. The second-order valence-electron chi connectivity index (χ2n) is 7.80. The van der Waals surface area contributed by atoms with Gasteiger partial charge >= 0.3 is 12.0 Å². The summed E-state index contributed by atoms with van der Waals surface area (Å²) in [6, 6.07) is 4.25. The van der Waals surface area contributed by atoms with Crippen LogP contribution in [0.4, 0.5) is 10.5 Å². The SMILES string of the molecule is C[C@]1(C2CC2)NC(=O)N(CC(=O)OCC(=O)c2ccc3c(c2)CCC(=O)N3)C1=O. The number of imide groups is 1. The van der Waals surface area contributed by atoms with E-state index in [9.17, 15) is 24.0 Å². The van der Waals surface area contributed by atoms with E-state index >= 15 is 0 Å². The van der Waals surface area contributed by atoms with E-state index in [-0.39, 0.29) is 11.8 Å². The summed E-state index contributed by atoms with van der Waals surface area (Å²) in [6.07, 6.45) is 2.61. The van der Waals surface area contributed by atoms with Gasteiger partial charge in [0.1, 0.15) is 12.1 Å². The largest absolute Gasteiger partial charge is 0.456 e. The molecule has 9 heteroatoms. The normalized spacial score (nSPS) is 23.3. The lowest BCUT2D eigenvalue weighted by atomic mass is 9.96. The molecule has 0 aromatic heterocycles. The summed E-state index contributed by atoms with van der Waals surface area (Å²) in [4.78, 5) is 61.3. The Morgan fingerprint density at radius 3 is 2.69 bits per heavy atom. The highest BCUT2D eigenvalue weighted by atomic mass is 16.5. The molecule has 1 saturated carbocycles. The Morgan fingerprint density at radius 1 is 1.21 bits per heavy atom. The fourth-order valence-electron chi connectivity index (χ4n) is 3.76. The number of ether oxygens (including phenoxy) is 1. The minimum atomic E-state index is -0.967. The maximum absolute atomic E-state index is 12.5. The fourth-order valence-corrected chi connectivity index (χ4v) is 3.76. The molecule has 1 aromatic rings. The van der Waals surface area contributed by atoms with Gasteiger partial charge in [0, 0.05) is 17.7 Å². The number of hydrogen-bond acceptors (Lipinski definition) is 6. The molecule has 4 amide bonds. The first-order valence-corrected chi connectivity index (χ1v) is 9.53. The van der Waals surface area contributed by atoms with Crippen LogP contribution < -0.4 is 10.6 Å². The van der Waals surface area contributed by atoms with Crippen LogP contribution in [0.25, 0.3) is 0 Å². The van der Waals surface area contributed by atoms with Crippen molar-refractivity contribution in [3.8, 4) is 0 Å². The number of carbonyl (C=O) groups is 5. The van der Waals surface area contributed by atoms with Crippen LogP contribution in [0.5, 0.6) is 0 Å². The smallest absolute Gasteiger partial charge is 0.326 e. The summed E-state index contributed by atoms with van der Waals surface area (Å²) in [5.74, 6) is -1.64. The summed E-state index contributed by atoms with van der Waals surface area (Å²) in [6.45, 7) is 0.641. The van der Waals surface area contributed by atoms with Gasteiger partial charge in [0.05, 0.1) is 0 Å². The van der Waals surface area contributed by atoms with E-state index < -0.39 is 42.4 Å². The molecular formula is C20H21N3O6. The second-order valence-corrected chi connectivity index (χ2v) is 7.80. The number of benzene rings is 1. The van der Waals surface area contributed by atoms with Crippen molar-refractivity contribution in [1.29, 1.82) is 0 Å². The maximum atomic E-state index is 12.5. The van der Waals surface area contributed by atoms with Crippen molar-refractivity contribution >= 4 is 35.3 Å². The van der Waals surface area contributed by atoms with Crippen molar-refractivity contribution in [2.45, 2.75) is 38.1 Å². The highest BCUT2D eigenvalue weighted by Gasteiger charge is 2.56. The van der Waals surface area contributed by atoms with E-state index in [1.807, 2.05) is 0 Å². The van der Waals surface area contributed by atoms with Gasteiger partial charge in [-0.05, 0) is 55.9 Å². The molecule has 0 radical (unpaired) electrons. The van der Waals surface area contributed by atoms with Gasteiger partial charge in [0.15, 0.2) is 12.4 Å². The highest BCUT2D eigenvalue weighted by molar-refractivity contribution is 6.09. The molecule has 29 heavy (non-hydrogen) atoms. The third kappa shape index (κ3) is 3.59. The molecule has 2 heterocycles. The molecular weight excluding hydrogens is 378 g/mol. The van der Waals surface area contributed by atoms with Crippen molar-refractivity contribution in [2.75, 3.05) is 18.5 Å². The number of carbonyl (C=O) groups excluding carboxylic acids is 5. The van der Waals surface area contributed by atoms with E-state index in [2.05, 4.69) is 10.6 Å². The lowest BCUT2D eigenvalue weighted by molar-refractivity contribution is -0.146.